The van der Waals surface area contributed by atoms with Gasteiger partial charge < -0.3 is 19.9 Å². The lowest BCUT2D eigenvalue weighted by Crippen LogP contribution is -2.38. The third-order valence-corrected chi connectivity index (χ3v) is 7.88. The van der Waals surface area contributed by atoms with Gasteiger partial charge in [-0.15, -0.1) is 0 Å². The maximum atomic E-state index is 14.1. The van der Waals surface area contributed by atoms with Gasteiger partial charge in [0.1, 0.15) is 5.56 Å². The van der Waals surface area contributed by atoms with Crippen LogP contribution >= 0.6 is 11.8 Å². The third kappa shape index (κ3) is 6.54. The predicted octanol–water partition coefficient (Wildman–Crippen LogP) is 6.50. The van der Waals surface area contributed by atoms with Crippen molar-refractivity contribution < 1.29 is 41.3 Å². The Morgan fingerprint density at radius 1 is 0.860 bits per heavy atom. The number of nitrogens with one attached hydrogen (secondary N) is 1. The highest BCUT2D eigenvalue weighted by atomic mass is 32.2. The van der Waals surface area contributed by atoms with E-state index in [0.29, 0.717) is 16.5 Å². The van der Waals surface area contributed by atoms with Crippen LogP contribution in [0, 0.1) is 35.0 Å². The number of aliphatic hydroxyl groups excluding tert-OH is 1. The van der Waals surface area contributed by atoms with E-state index in [1.165, 1.54) is 23.9 Å². The lowest BCUT2D eigenvalue weighted by Gasteiger charge is -2.41. The Bertz CT molecular complexity index is 1570. The number of halogens is 5. The molecule has 1 amide bonds. The molecule has 0 unspecified atom stereocenters. The molecule has 13 heteroatoms. The SMILES string of the molecule is C[C@H]1[C@@H](CSc2ncccn2)O[C@@H](c2ccc(NC(=O)c3c(F)c(F)c(F)c(F)c3F)cc2)O[C@H]1c1ccc(CO)cc1. The minimum Gasteiger partial charge on any atom is -0.392 e. The summed E-state index contributed by atoms with van der Waals surface area (Å²) >= 11 is 1.42. The average Bonchev–Trinajstić information content (AvgIpc) is 3.03. The fourth-order valence-corrected chi connectivity index (χ4v) is 5.51. The molecule has 4 aromatic rings. The minimum absolute atomic E-state index is 0.0337. The number of ether oxygens (including phenoxy) is 2. The molecule has 3 aromatic carbocycles. The molecule has 2 heterocycles. The molecule has 0 spiro atoms. The number of hydrogen-bond acceptors (Lipinski definition) is 7. The zero-order valence-corrected chi connectivity index (χ0v) is 23.3. The fraction of sp³-hybridized carbons (Fsp3) is 0.233. The van der Waals surface area contributed by atoms with Crippen molar-refractivity contribution in [1.82, 2.24) is 9.97 Å². The first-order valence-corrected chi connectivity index (χ1v) is 14.0. The lowest BCUT2D eigenvalue weighted by atomic mass is 9.91. The van der Waals surface area contributed by atoms with Crippen LogP contribution in [0.1, 0.15) is 46.4 Å². The number of amides is 1. The Balaban J connectivity index is 1.36. The van der Waals surface area contributed by atoms with Crippen LogP contribution in [0.5, 0.6) is 0 Å². The highest BCUT2D eigenvalue weighted by molar-refractivity contribution is 7.99. The van der Waals surface area contributed by atoms with Gasteiger partial charge in [0.05, 0.1) is 18.8 Å². The van der Waals surface area contributed by atoms with Crippen LogP contribution in [0.25, 0.3) is 0 Å². The predicted molar refractivity (Wildman–Crippen MR) is 146 cm³/mol. The number of aromatic nitrogens is 2. The van der Waals surface area contributed by atoms with Crippen molar-refractivity contribution in [2.24, 2.45) is 5.92 Å². The van der Waals surface area contributed by atoms with Crippen molar-refractivity contribution in [1.29, 1.82) is 0 Å². The first-order chi connectivity index (χ1) is 20.7. The van der Waals surface area contributed by atoms with Gasteiger partial charge in [0.2, 0.25) is 5.82 Å². The van der Waals surface area contributed by atoms with Crippen LogP contribution in [0.3, 0.4) is 0 Å². The molecule has 0 aliphatic carbocycles. The van der Waals surface area contributed by atoms with E-state index in [-0.39, 0.29) is 24.3 Å². The number of rotatable bonds is 8. The summed E-state index contributed by atoms with van der Waals surface area (Å²) in [4.78, 5) is 20.9. The third-order valence-electron chi connectivity index (χ3n) is 6.92. The fourth-order valence-electron chi connectivity index (χ4n) is 4.55. The Morgan fingerprint density at radius 3 is 2.05 bits per heavy atom. The van der Waals surface area contributed by atoms with Crippen LogP contribution in [-0.2, 0) is 16.1 Å². The molecular formula is C30H24F5N3O4S. The highest BCUT2D eigenvalue weighted by Crippen LogP contribution is 2.43. The van der Waals surface area contributed by atoms with Crippen LogP contribution in [0.2, 0.25) is 0 Å². The van der Waals surface area contributed by atoms with Gasteiger partial charge in [-0.1, -0.05) is 55.1 Å². The number of anilines is 1. The molecule has 1 aliphatic heterocycles. The smallest absolute Gasteiger partial charge is 0.261 e. The van der Waals surface area contributed by atoms with Crippen molar-refractivity contribution in [3.63, 3.8) is 0 Å². The maximum absolute atomic E-state index is 14.1. The minimum atomic E-state index is -2.35. The number of thioether (sulfide) groups is 1. The molecule has 0 saturated carbocycles. The number of carbonyl (C=O) groups is 1. The van der Waals surface area contributed by atoms with E-state index >= 15 is 0 Å². The number of benzene rings is 3. The Labute approximate surface area is 247 Å². The van der Waals surface area contributed by atoms with Crippen LogP contribution in [-0.4, -0.2) is 32.8 Å². The summed E-state index contributed by atoms with van der Waals surface area (Å²) in [6, 6.07) is 14.9. The topological polar surface area (TPSA) is 93.6 Å². The molecule has 1 fully saturated rings. The Morgan fingerprint density at radius 2 is 1.44 bits per heavy atom. The first-order valence-electron chi connectivity index (χ1n) is 13.0. The molecule has 2 N–H and O–H groups in total. The van der Waals surface area contributed by atoms with Crippen molar-refractivity contribution >= 4 is 23.4 Å². The summed E-state index contributed by atoms with van der Waals surface area (Å²) in [5.41, 5.74) is 0.606. The molecule has 5 rings (SSSR count). The highest BCUT2D eigenvalue weighted by Gasteiger charge is 2.38. The van der Waals surface area contributed by atoms with E-state index in [1.54, 1.807) is 42.7 Å². The zero-order valence-electron chi connectivity index (χ0n) is 22.4. The summed E-state index contributed by atoms with van der Waals surface area (Å²) in [6.07, 6.45) is 1.71. The molecule has 0 bridgehead atoms. The second-order valence-electron chi connectivity index (χ2n) is 9.69. The number of aliphatic hydroxyl groups is 1. The van der Waals surface area contributed by atoms with E-state index in [2.05, 4.69) is 15.3 Å². The Hall–Kier alpha value is -3.91. The molecule has 0 radical (unpaired) electrons. The van der Waals surface area contributed by atoms with Gasteiger partial charge in [-0.25, -0.2) is 31.9 Å². The van der Waals surface area contributed by atoms with Gasteiger partial charge in [0, 0.05) is 35.3 Å². The number of nitrogens with zero attached hydrogens (tertiary/aromatic N) is 2. The van der Waals surface area contributed by atoms with Crippen molar-refractivity contribution in [2.75, 3.05) is 11.1 Å². The Kier molecular flexibility index (Phi) is 9.35. The molecule has 7 nitrogen and oxygen atoms in total. The van der Waals surface area contributed by atoms with Gasteiger partial charge in [0.15, 0.2) is 34.7 Å². The molecule has 4 atom stereocenters. The van der Waals surface area contributed by atoms with Crippen molar-refractivity contribution in [3.8, 4) is 0 Å². The average molecular weight is 618 g/mol. The van der Waals surface area contributed by atoms with Gasteiger partial charge in [0.25, 0.3) is 5.91 Å². The molecule has 1 saturated heterocycles. The monoisotopic (exact) mass is 617 g/mol. The molecule has 224 valence electrons. The summed E-state index contributed by atoms with van der Waals surface area (Å²) in [7, 11) is 0. The van der Waals surface area contributed by atoms with Crippen LogP contribution in [0.4, 0.5) is 27.6 Å². The normalized spacial score (nSPS) is 20.2. The van der Waals surface area contributed by atoms with Crippen molar-refractivity contribution in [2.45, 2.75) is 37.2 Å². The largest absolute Gasteiger partial charge is 0.392 e. The first kappa shape index (κ1) is 30.5. The van der Waals surface area contributed by atoms with E-state index in [9.17, 15) is 31.9 Å². The van der Waals surface area contributed by atoms with E-state index < -0.39 is 53.0 Å². The maximum Gasteiger partial charge on any atom is 0.261 e. The lowest BCUT2D eigenvalue weighted by molar-refractivity contribution is -0.268. The summed E-state index contributed by atoms with van der Waals surface area (Å²) in [6.45, 7) is 1.90. The number of hydrogen-bond donors (Lipinski definition) is 2. The van der Waals surface area contributed by atoms with E-state index in [4.69, 9.17) is 9.47 Å². The van der Waals surface area contributed by atoms with Crippen molar-refractivity contribution in [3.05, 3.63) is 118 Å². The zero-order chi connectivity index (χ0) is 30.7. The molecule has 1 aliphatic rings. The van der Waals surface area contributed by atoms with Crippen LogP contribution in [0.15, 0.2) is 72.1 Å². The molecule has 1 aromatic heterocycles. The van der Waals surface area contributed by atoms with E-state index in [1.807, 2.05) is 19.1 Å². The van der Waals surface area contributed by atoms with E-state index in [0.717, 1.165) is 11.1 Å². The summed E-state index contributed by atoms with van der Waals surface area (Å²) < 4.78 is 81.4. The van der Waals surface area contributed by atoms with Gasteiger partial charge in [-0.3, -0.25) is 4.79 Å². The quantitative estimate of drug-likeness (QED) is 0.0767. The van der Waals surface area contributed by atoms with Gasteiger partial charge in [-0.05, 0) is 29.3 Å². The second-order valence-corrected chi connectivity index (χ2v) is 10.7. The summed E-state index contributed by atoms with van der Waals surface area (Å²) in [5.74, 6) is -12.4. The summed E-state index contributed by atoms with van der Waals surface area (Å²) in [5, 5.41) is 12.2. The molecule has 43 heavy (non-hydrogen) atoms. The second kappa shape index (κ2) is 13.2. The van der Waals surface area contributed by atoms with Gasteiger partial charge in [-0.2, -0.15) is 0 Å². The van der Waals surface area contributed by atoms with Crippen LogP contribution < -0.4 is 5.32 Å². The number of carbonyl (C=O) groups excluding carboxylic acids is 1. The van der Waals surface area contributed by atoms with Gasteiger partial charge >= 0.3 is 0 Å². The molecular weight excluding hydrogens is 593 g/mol. The standard InChI is InChI=1S/C30H24F5N3O4S/c1-15-20(14-43-30-36-11-2-12-37-30)41-29(42-27(15)17-5-3-16(13-39)4-6-17)18-7-9-19(10-8-18)38-28(40)21-22(31)24(33)26(35)25(34)23(21)32/h2-12,15,20,27,29,39H,13-14H2,1H3,(H,38,40)/t15-,20+,27+,29+/m0/s1.